The Bertz CT molecular complexity index is 429. The first-order chi connectivity index (χ1) is 8.08. The van der Waals surface area contributed by atoms with Gasteiger partial charge in [0.25, 0.3) is 5.91 Å². The molecule has 1 saturated heterocycles. The van der Waals surface area contributed by atoms with Gasteiger partial charge in [-0.05, 0) is 25.0 Å². The minimum absolute atomic E-state index is 0.00160. The van der Waals surface area contributed by atoms with E-state index in [0.717, 1.165) is 18.9 Å². The Morgan fingerprint density at radius 1 is 1.41 bits per heavy atom. The number of rotatable bonds is 1. The van der Waals surface area contributed by atoms with Gasteiger partial charge in [0.05, 0.1) is 5.56 Å². The van der Waals surface area contributed by atoms with E-state index >= 15 is 0 Å². The number of aromatic hydroxyl groups is 1. The predicted molar refractivity (Wildman–Crippen MR) is 61.2 cm³/mol. The van der Waals surface area contributed by atoms with Crippen molar-refractivity contribution >= 4 is 5.91 Å². The van der Waals surface area contributed by atoms with Crippen molar-refractivity contribution in [3.05, 3.63) is 29.6 Å². The Morgan fingerprint density at radius 2 is 2.06 bits per heavy atom. The molecule has 0 aromatic heterocycles. The number of hydrogen-bond acceptors (Lipinski definition) is 3. The monoisotopic (exact) mass is 238 g/mol. The molecule has 92 valence electrons. The van der Waals surface area contributed by atoms with E-state index in [4.69, 9.17) is 10.8 Å². The van der Waals surface area contributed by atoms with Crippen molar-refractivity contribution in [3.63, 3.8) is 0 Å². The Kier molecular flexibility index (Phi) is 3.28. The highest BCUT2D eigenvalue weighted by molar-refractivity contribution is 5.94. The van der Waals surface area contributed by atoms with Crippen LogP contribution in [0, 0.1) is 5.82 Å². The molecule has 5 heteroatoms. The molecule has 2 rings (SSSR count). The van der Waals surface area contributed by atoms with Gasteiger partial charge in [-0.3, -0.25) is 4.79 Å². The summed E-state index contributed by atoms with van der Waals surface area (Å²) in [6.07, 6.45) is 1.48. The number of carbonyl (C=O) groups excluding carboxylic acids is 1. The Morgan fingerprint density at radius 3 is 2.65 bits per heavy atom. The van der Waals surface area contributed by atoms with Crippen LogP contribution in [0.25, 0.3) is 0 Å². The van der Waals surface area contributed by atoms with E-state index in [9.17, 15) is 9.18 Å². The van der Waals surface area contributed by atoms with Gasteiger partial charge in [0, 0.05) is 25.2 Å². The lowest BCUT2D eigenvalue weighted by Gasteiger charge is -2.30. The lowest BCUT2D eigenvalue weighted by Crippen LogP contribution is -2.43. The molecular weight excluding hydrogens is 223 g/mol. The molecule has 3 N–H and O–H groups in total. The number of nitrogens with two attached hydrogens (primary N) is 1. The van der Waals surface area contributed by atoms with Crippen LogP contribution in [-0.4, -0.2) is 35.0 Å². The third-order valence-electron chi connectivity index (χ3n) is 3.01. The maximum Gasteiger partial charge on any atom is 0.256 e. The van der Waals surface area contributed by atoms with Crippen LogP contribution in [0.4, 0.5) is 4.39 Å². The van der Waals surface area contributed by atoms with Crippen molar-refractivity contribution < 1.29 is 14.3 Å². The molecule has 1 aliphatic heterocycles. The molecule has 4 nitrogen and oxygen atoms in total. The lowest BCUT2D eigenvalue weighted by atomic mass is 10.0. The first-order valence-corrected chi connectivity index (χ1v) is 5.61. The normalized spacial score (nSPS) is 17.2. The van der Waals surface area contributed by atoms with Gasteiger partial charge in [0.2, 0.25) is 0 Å². The second-order valence-corrected chi connectivity index (χ2v) is 4.29. The molecule has 0 unspecified atom stereocenters. The number of carbonyl (C=O) groups is 1. The molecule has 0 atom stereocenters. The number of piperidine rings is 1. The molecule has 17 heavy (non-hydrogen) atoms. The topological polar surface area (TPSA) is 66.6 Å². The number of phenolic OH excluding ortho intramolecular Hbond substituents is 1. The summed E-state index contributed by atoms with van der Waals surface area (Å²) in [7, 11) is 0. The van der Waals surface area contributed by atoms with E-state index in [1.54, 1.807) is 4.90 Å². The van der Waals surface area contributed by atoms with Gasteiger partial charge < -0.3 is 15.7 Å². The molecular formula is C12H15FN2O2. The Hall–Kier alpha value is -1.62. The summed E-state index contributed by atoms with van der Waals surface area (Å²) in [5.74, 6) is -1.21. The number of nitrogens with zero attached hydrogens (tertiary/aromatic N) is 1. The number of phenols is 1. The van der Waals surface area contributed by atoms with Gasteiger partial charge >= 0.3 is 0 Å². The molecule has 1 aromatic rings. The third-order valence-corrected chi connectivity index (χ3v) is 3.01. The minimum atomic E-state index is -0.690. The molecule has 1 heterocycles. The maximum absolute atomic E-state index is 13.5. The molecule has 0 bridgehead atoms. The fraction of sp³-hybridized carbons (Fsp3) is 0.417. The molecule has 1 aromatic carbocycles. The summed E-state index contributed by atoms with van der Waals surface area (Å²) >= 11 is 0. The molecule has 0 spiro atoms. The predicted octanol–water partition coefficient (Wildman–Crippen LogP) is 1.09. The van der Waals surface area contributed by atoms with Crippen LogP contribution in [0.5, 0.6) is 5.75 Å². The van der Waals surface area contributed by atoms with Crippen molar-refractivity contribution in [3.8, 4) is 5.75 Å². The van der Waals surface area contributed by atoms with Crippen molar-refractivity contribution in [2.24, 2.45) is 5.73 Å². The van der Waals surface area contributed by atoms with E-state index in [2.05, 4.69) is 0 Å². The van der Waals surface area contributed by atoms with Gasteiger partial charge in [-0.2, -0.15) is 0 Å². The Balaban J connectivity index is 2.14. The Labute approximate surface area is 98.8 Å². The zero-order valence-corrected chi connectivity index (χ0v) is 9.40. The van der Waals surface area contributed by atoms with E-state index < -0.39 is 5.82 Å². The van der Waals surface area contributed by atoms with E-state index in [1.807, 2.05) is 0 Å². The van der Waals surface area contributed by atoms with Crippen molar-refractivity contribution in [1.82, 2.24) is 4.90 Å². The van der Waals surface area contributed by atoms with Gasteiger partial charge in [0.1, 0.15) is 11.6 Å². The van der Waals surface area contributed by atoms with Crippen LogP contribution < -0.4 is 5.73 Å². The fourth-order valence-electron chi connectivity index (χ4n) is 1.95. The van der Waals surface area contributed by atoms with E-state index in [0.29, 0.717) is 13.1 Å². The highest BCUT2D eigenvalue weighted by Gasteiger charge is 2.23. The van der Waals surface area contributed by atoms with Crippen LogP contribution in [0.1, 0.15) is 23.2 Å². The second kappa shape index (κ2) is 4.71. The van der Waals surface area contributed by atoms with Crippen LogP contribution in [0.3, 0.4) is 0 Å². The standard InChI is InChI=1S/C12H15FN2O2/c13-11-7-9(16)1-2-10(11)12(17)15-5-3-8(14)4-6-15/h1-2,7-8,16H,3-6,14H2. The zero-order valence-electron chi connectivity index (χ0n) is 9.40. The summed E-state index contributed by atoms with van der Waals surface area (Å²) in [6, 6.07) is 3.69. The summed E-state index contributed by atoms with van der Waals surface area (Å²) in [4.78, 5) is 13.6. The zero-order chi connectivity index (χ0) is 12.4. The molecule has 0 saturated carbocycles. The summed E-state index contributed by atoms with van der Waals surface area (Å²) in [6.45, 7) is 1.11. The number of hydrogen-bond donors (Lipinski definition) is 2. The molecule has 0 radical (unpaired) electrons. The van der Waals surface area contributed by atoms with Crippen molar-refractivity contribution in [2.45, 2.75) is 18.9 Å². The summed E-state index contributed by atoms with van der Waals surface area (Å²) in [5, 5.41) is 9.08. The highest BCUT2D eigenvalue weighted by atomic mass is 19.1. The van der Waals surface area contributed by atoms with Crippen LogP contribution in [0.15, 0.2) is 18.2 Å². The van der Waals surface area contributed by atoms with Crippen LogP contribution in [-0.2, 0) is 0 Å². The van der Waals surface area contributed by atoms with Crippen LogP contribution in [0.2, 0.25) is 0 Å². The largest absolute Gasteiger partial charge is 0.508 e. The minimum Gasteiger partial charge on any atom is -0.508 e. The number of benzene rings is 1. The maximum atomic E-state index is 13.5. The molecule has 0 aliphatic carbocycles. The molecule has 1 fully saturated rings. The van der Waals surface area contributed by atoms with Gasteiger partial charge in [-0.15, -0.1) is 0 Å². The lowest BCUT2D eigenvalue weighted by molar-refractivity contribution is 0.0710. The average Bonchev–Trinajstić information content (AvgIpc) is 2.29. The van der Waals surface area contributed by atoms with Crippen molar-refractivity contribution in [2.75, 3.05) is 13.1 Å². The first-order valence-electron chi connectivity index (χ1n) is 5.61. The first kappa shape index (κ1) is 11.9. The second-order valence-electron chi connectivity index (χ2n) is 4.29. The fourth-order valence-corrected chi connectivity index (χ4v) is 1.95. The summed E-state index contributed by atoms with van der Waals surface area (Å²) < 4.78 is 13.5. The van der Waals surface area contributed by atoms with Gasteiger partial charge in [-0.1, -0.05) is 0 Å². The van der Waals surface area contributed by atoms with Crippen LogP contribution >= 0.6 is 0 Å². The SMILES string of the molecule is NC1CCN(C(=O)c2ccc(O)cc2F)CC1. The van der Waals surface area contributed by atoms with Gasteiger partial charge in [-0.25, -0.2) is 4.39 Å². The van der Waals surface area contributed by atoms with Gasteiger partial charge in [0.15, 0.2) is 0 Å². The molecule has 1 amide bonds. The van der Waals surface area contributed by atoms with E-state index in [1.165, 1.54) is 12.1 Å². The smallest absolute Gasteiger partial charge is 0.256 e. The highest BCUT2D eigenvalue weighted by Crippen LogP contribution is 2.18. The van der Waals surface area contributed by atoms with Crippen molar-refractivity contribution in [1.29, 1.82) is 0 Å². The number of halogens is 1. The number of likely N-dealkylation sites (tertiary alicyclic amines) is 1. The number of amides is 1. The quantitative estimate of drug-likeness (QED) is 0.769. The van der Waals surface area contributed by atoms with E-state index in [-0.39, 0.29) is 23.3 Å². The molecule has 1 aliphatic rings. The summed E-state index contributed by atoms with van der Waals surface area (Å²) in [5.41, 5.74) is 5.74. The third kappa shape index (κ3) is 2.55. The average molecular weight is 238 g/mol.